The van der Waals surface area contributed by atoms with Gasteiger partial charge < -0.3 is 19.7 Å². The monoisotopic (exact) mass is 541 g/mol. The fourth-order valence-corrected chi connectivity index (χ4v) is 5.29. The predicted octanol–water partition coefficient (Wildman–Crippen LogP) is 3.63. The second-order valence-corrected chi connectivity index (χ2v) is 10.2. The number of ether oxygens (including phenoxy) is 2. The van der Waals surface area contributed by atoms with Crippen molar-refractivity contribution in [2.75, 3.05) is 26.8 Å². The van der Waals surface area contributed by atoms with E-state index in [4.69, 9.17) is 14.6 Å². The van der Waals surface area contributed by atoms with E-state index in [0.29, 0.717) is 49.6 Å². The molecule has 2 aromatic heterocycles. The molecule has 1 saturated carbocycles. The van der Waals surface area contributed by atoms with Crippen LogP contribution in [0.15, 0.2) is 54.7 Å². The molecule has 2 aliphatic rings. The Morgan fingerprint density at radius 1 is 1.02 bits per heavy atom. The smallest absolute Gasteiger partial charge is 0.409 e. The molecule has 2 aromatic carbocycles. The molecule has 1 N–H and O–H groups in total. The zero-order chi connectivity index (χ0) is 27.7. The molecule has 2 fully saturated rings. The van der Waals surface area contributed by atoms with Crippen molar-refractivity contribution in [3.05, 3.63) is 71.7 Å². The number of methoxy groups -OCH3 is 1. The standard InChI is InChI=1S/C29H31N7O4/c1-3-40-28(38)35-16-12-22(13-17-35)31-25(37)20-6-4-19(5-7-20)24-18-30-27-33-32-26(36(27)34-24)29(14-15-29)21-8-10-23(39-2)11-9-21/h4-11,18,22H,3,12-17H2,1-2H3,(H,31,37). The van der Waals surface area contributed by atoms with E-state index in [2.05, 4.69) is 32.6 Å². The molecular weight excluding hydrogens is 510 g/mol. The summed E-state index contributed by atoms with van der Waals surface area (Å²) >= 11 is 0. The molecule has 4 aromatic rings. The first-order chi connectivity index (χ1) is 19.5. The van der Waals surface area contributed by atoms with Crippen LogP contribution in [-0.2, 0) is 10.2 Å². The summed E-state index contributed by atoms with van der Waals surface area (Å²) in [5.74, 6) is 1.89. The van der Waals surface area contributed by atoms with Crippen LogP contribution >= 0.6 is 0 Å². The van der Waals surface area contributed by atoms with Gasteiger partial charge in [-0.05, 0) is 62.4 Å². The number of amides is 2. The zero-order valence-corrected chi connectivity index (χ0v) is 22.5. The molecule has 1 saturated heterocycles. The Kier molecular flexibility index (Phi) is 6.79. The van der Waals surface area contributed by atoms with Gasteiger partial charge in [-0.1, -0.05) is 24.3 Å². The van der Waals surface area contributed by atoms with Crippen molar-refractivity contribution in [3.8, 4) is 17.0 Å². The van der Waals surface area contributed by atoms with Crippen molar-refractivity contribution in [3.63, 3.8) is 0 Å². The summed E-state index contributed by atoms with van der Waals surface area (Å²) in [7, 11) is 1.66. The molecule has 3 heterocycles. The van der Waals surface area contributed by atoms with Crippen LogP contribution in [0.5, 0.6) is 5.75 Å². The number of benzene rings is 2. The molecule has 1 aliphatic carbocycles. The Bertz CT molecular complexity index is 1520. The van der Waals surface area contributed by atoms with Gasteiger partial charge in [-0.25, -0.2) is 9.78 Å². The number of nitrogens with one attached hydrogen (secondary N) is 1. The van der Waals surface area contributed by atoms with Crippen molar-refractivity contribution in [1.29, 1.82) is 0 Å². The lowest BCUT2D eigenvalue weighted by Gasteiger charge is -2.31. The van der Waals surface area contributed by atoms with E-state index in [1.807, 2.05) is 24.3 Å². The van der Waals surface area contributed by atoms with Gasteiger partial charge in [-0.3, -0.25) is 4.79 Å². The van der Waals surface area contributed by atoms with E-state index in [1.54, 1.807) is 41.8 Å². The summed E-state index contributed by atoms with van der Waals surface area (Å²) in [6.07, 6.45) is 4.67. The second kappa shape index (κ2) is 10.6. The Labute approximate surface area is 231 Å². The van der Waals surface area contributed by atoms with Crippen molar-refractivity contribution in [2.45, 2.75) is 44.1 Å². The van der Waals surface area contributed by atoms with E-state index in [0.717, 1.165) is 35.5 Å². The SMILES string of the molecule is CCOC(=O)N1CCC(NC(=O)c2ccc(-c3cnc4nnc(C5(c6ccc(OC)cc6)CC5)n4n3)cc2)CC1. The number of fused-ring (bicyclic) bond motifs is 1. The Morgan fingerprint density at radius 3 is 2.40 bits per heavy atom. The van der Waals surface area contributed by atoms with Crippen LogP contribution in [0, 0.1) is 0 Å². The molecular formula is C29H31N7O4. The molecule has 0 unspecified atom stereocenters. The highest BCUT2D eigenvalue weighted by molar-refractivity contribution is 5.94. The summed E-state index contributed by atoms with van der Waals surface area (Å²) in [5, 5.41) is 16.7. The van der Waals surface area contributed by atoms with E-state index < -0.39 is 0 Å². The number of likely N-dealkylation sites (tertiary alicyclic amines) is 1. The molecule has 40 heavy (non-hydrogen) atoms. The largest absolute Gasteiger partial charge is 0.497 e. The quantitative estimate of drug-likeness (QED) is 0.376. The van der Waals surface area contributed by atoms with Crippen LogP contribution in [-0.4, -0.2) is 74.5 Å². The summed E-state index contributed by atoms with van der Waals surface area (Å²) in [4.78, 5) is 31.0. The number of carbonyl (C=O) groups excluding carboxylic acids is 2. The maximum atomic E-state index is 12.9. The molecule has 0 spiro atoms. The average molecular weight is 542 g/mol. The van der Waals surface area contributed by atoms with E-state index in [9.17, 15) is 9.59 Å². The fraction of sp³-hybridized carbons (Fsp3) is 0.379. The molecule has 11 heteroatoms. The van der Waals surface area contributed by atoms with E-state index in [-0.39, 0.29) is 23.5 Å². The summed E-state index contributed by atoms with van der Waals surface area (Å²) in [6, 6.07) is 15.4. The number of carbonyl (C=O) groups is 2. The predicted molar refractivity (Wildman–Crippen MR) is 146 cm³/mol. The number of hydrogen-bond acceptors (Lipinski definition) is 8. The third kappa shape index (κ3) is 4.83. The minimum atomic E-state index is -0.296. The number of nitrogens with zero attached hydrogens (tertiary/aromatic N) is 6. The fourth-order valence-electron chi connectivity index (χ4n) is 5.29. The summed E-state index contributed by atoms with van der Waals surface area (Å²) in [5.41, 5.74) is 2.97. The van der Waals surface area contributed by atoms with Gasteiger partial charge in [0.1, 0.15) is 11.4 Å². The third-order valence-electron chi connectivity index (χ3n) is 7.75. The van der Waals surface area contributed by atoms with Crippen LogP contribution in [0.25, 0.3) is 17.0 Å². The summed E-state index contributed by atoms with van der Waals surface area (Å²) in [6.45, 7) is 3.28. The molecule has 0 bridgehead atoms. The molecule has 206 valence electrons. The lowest BCUT2D eigenvalue weighted by atomic mass is 9.95. The van der Waals surface area contributed by atoms with Gasteiger partial charge in [-0.2, -0.15) is 9.61 Å². The van der Waals surface area contributed by atoms with Crippen LogP contribution in [0.1, 0.15) is 54.4 Å². The van der Waals surface area contributed by atoms with Crippen LogP contribution < -0.4 is 10.1 Å². The highest BCUT2D eigenvalue weighted by atomic mass is 16.6. The molecule has 0 atom stereocenters. The van der Waals surface area contributed by atoms with Gasteiger partial charge in [0, 0.05) is 30.3 Å². The van der Waals surface area contributed by atoms with Crippen molar-refractivity contribution < 1.29 is 19.1 Å². The maximum Gasteiger partial charge on any atom is 0.409 e. The normalized spacial score (nSPS) is 16.5. The van der Waals surface area contributed by atoms with Crippen molar-refractivity contribution in [1.82, 2.24) is 35.0 Å². The van der Waals surface area contributed by atoms with Gasteiger partial charge in [0.05, 0.1) is 25.3 Å². The van der Waals surface area contributed by atoms with E-state index >= 15 is 0 Å². The van der Waals surface area contributed by atoms with Gasteiger partial charge >= 0.3 is 6.09 Å². The number of hydrogen-bond donors (Lipinski definition) is 1. The van der Waals surface area contributed by atoms with E-state index in [1.165, 1.54) is 0 Å². The van der Waals surface area contributed by atoms with Crippen LogP contribution in [0.3, 0.4) is 0 Å². The van der Waals surface area contributed by atoms with Crippen molar-refractivity contribution in [2.24, 2.45) is 0 Å². The lowest BCUT2D eigenvalue weighted by Crippen LogP contribution is -2.46. The Balaban J connectivity index is 1.15. The van der Waals surface area contributed by atoms with Gasteiger partial charge in [0.25, 0.3) is 11.7 Å². The third-order valence-corrected chi connectivity index (χ3v) is 7.75. The molecule has 1 aliphatic heterocycles. The second-order valence-electron chi connectivity index (χ2n) is 10.2. The minimum absolute atomic E-state index is 0.0127. The van der Waals surface area contributed by atoms with Crippen LogP contribution in [0.2, 0.25) is 0 Å². The highest BCUT2D eigenvalue weighted by Gasteiger charge is 2.50. The molecule has 0 radical (unpaired) electrons. The number of piperidine rings is 1. The van der Waals surface area contributed by atoms with Gasteiger partial charge in [-0.15, -0.1) is 10.2 Å². The first-order valence-corrected chi connectivity index (χ1v) is 13.6. The summed E-state index contributed by atoms with van der Waals surface area (Å²) < 4.78 is 12.1. The molecule has 6 rings (SSSR count). The lowest BCUT2D eigenvalue weighted by molar-refractivity contribution is 0.0860. The minimum Gasteiger partial charge on any atom is -0.497 e. The zero-order valence-electron chi connectivity index (χ0n) is 22.5. The van der Waals surface area contributed by atoms with Gasteiger partial charge in [0.15, 0.2) is 5.82 Å². The first kappa shape index (κ1) is 25.7. The molecule has 11 nitrogen and oxygen atoms in total. The van der Waals surface area contributed by atoms with Crippen molar-refractivity contribution >= 4 is 17.8 Å². The van der Waals surface area contributed by atoms with Crippen LogP contribution in [0.4, 0.5) is 4.79 Å². The Hall–Kier alpha value is -4.54. The first-order valence-electron chi connectivity index (χ1n) is 13.6. The number of aromatic nitrogens is 5. The topological polar surface area (TPSA) is 124 Å². The van der Waals surface area contributed by atoms with Gasteiger partial charge in [0.2, 0.25) is 0 Å². The number of rotatable bonds is 7. The average Bonchev–Trinajstić information content (AvgIpc) is 3.69. The maximum absolute atomic E-state index is 12.9. The molecule has 2 amide bonds. The Morgan fingerprint density at radius 2 is 1.75 bits per heavy atom. The highest BCUT2D eigenvalue weighted by Crippen LogP contribution is 2.52.